The van der Waals surface area contributed by atoms with Gasteiger partial charge in [-0.25, -0.2) is 0 Å². The molecule has 1 aliphatic heterocycles. The molecule has 1 fully saturated rings. The average molecular weight is 182 g/mol. The highest BCUT2D eigenvalue weighted by Crippen LogP contribution is 2.22. The molecule has 2 atom stereocenters. The third kappa shape index (κ3) is 2.96. The van der Waals surface area contributed by atoms with Crippen LogP contribution in [-0.2, 0) is 9.53 Å². The van der Waals surface area contributed by atoms with E-state index in [1.807, 2.05) is 13.8 Å². The molecule has 2 unspecified atom stereocenters. The Balaban J connectivity index is 2.59. The second-order valence-electron chi connectivity index (χ2n) is 4.07. The summed E-state index contributed by atoms with van der Waals surface area (Å²) in [5.74, 6) is 0.830. The molecule has 13 heavy (non-hydrogen) atoms. The molecule has 0 aromatic carbocycles. The fraction of sp³-hybridized carbons (Fsp3) is 0.727. The van der Waals surface area contributed by atoms with Gasteiger partial charge in [-0.1, -0.05) is 12.5 Å². The van der Waals surface area contributed by atoms with Crippen molar-refractivity contribution in [2.75, 3.05) is 13.2 Å². The minimum Gasteiger partial charge on any atom is -0.381 e. The maximum Gasteiger partial charge on any atom is 0.159 e. The molecule has 1 aliphatic rings. The van der Waals surface area contributed by atoms with Crippen molar-refractivity contribution in [3.63, 3.8) is 0 Å². The third-order valence-corrected chi connectivity index (χ3v) is 2.44. The van der Waals surface area contributed by atoms with E-state index in [1.54, 1.807) is 6.08 Å². The highest BCUT2D eigenvalue weighted by Gasteiger charge is 2.26. The van der Waals surface area contributed by atoms with E-state index < -0.39 is 0 Å². The fourth-order valence-electron chi connectivity index (χ4n) is 1.69. The second kappa shape index (κ2) is 4.56. The van der Waals surface area contributed by atoms with Crippen LogP contribution in [0.25, 0.3) is 0 Å². The molecule has 0 aromatic rings. The molecule has 1 saturated heterocycles. The molecule has 2 nitrogen and oxygen atoms in total. The summed E-state index contributed by atoms with van der Waals surface area (Å²) >= 11 is 0. The summed E-state index contributed by atoms with van der Waals surface area (Å²) in [6.07, 6.45) is 2.64. The minimum absolute atomic E-state index is 0.184. The van der Waals surface area contributed by atoms with Gasteiger partial charge < -0.3 is 4.74 Å². The normalized spacial score (nSPS) is 28.2. The van der Waals surface area contributed by atoms with Gasteiger partial charge in [0, 0.05) is 19.1 Å². The van der Waals surface area contributed by atoms with Crippen LogP contribution in [0.1, 0.15) is 27.2 Å². The summed E-state index contributed by atoms with van der Waals surface area (Å²) in [4.78, 5) is 11.7. The average Bonchev–Trinajstić information content (AvgIpc) is 2.03. The van der Waals surface area contributed by atoms with Gasteiger partial charge in [-0.2, -0.15) is 0 Å². The summed E-state index contributed by atoms with van der Waals surface area (Å²) in [5, 5.41) is 0. The Labute approximate surface area is 80.0 Å². The Morgan fingerprint density at radius 1 is 1.46 bits per heavy atom. The molecule has 74 valence electrons. The van der Waals surface area contributed by atoms with Crippen molar-refractivity contribution in [2.24, 2.45) is 11.8 Å². The van der Waals surface area contributed by atoms with Gasteiger partial charge in [-0.3, -0.25) is 4.79 Å². The van der Waals surface area contributed by atoms with Crippen LogP contribution in [0.15, 0.2) is 11.6 Å². The Kier molecular flexibility index (Phi) is 3.67. The van der Waals surface area contributed by atoms with Gasteiger partial charge in [0.15, 0.2) is 5.78 Å². The molecular weight excluding hydrogens is 164 g/mol. The van der Waals surface area contributed by atoms with E-state index in [0.717, 1.165) is 25.2 Å². The zero-order chi connectivity index (χ0) is 9.84. The monoisotopic (exact) mass is 182 g/mol. The number of ether oxygens (including phenoxy) is 1. The summed E-state index contributed by atoms with van der Waals surface area (Å²) in [6.45, 7) is 7.47. The van der Waals surface area contributed by atoms with E-state index in [4.69, 9.17) is 4.74 Å². The fourth-order valence-corrected chi connectivity index (χ4v) is 1.69. The van der Waals surface area contributed by atoms with Crippen LogP contribution >= 0.6 is 0 Å². The molecular formula is C11H18O2. The summed E-state index contributed by atoms with van der Waals surface area (Å²) in [5.41, 5.74) is 1.09. The zero-order valence-electron chi connectivity index (χ0n) is 8.67. The lowest BCUT2D eigenvalue weighted by atomic mass is 9.86. The van der Waals surface area contributed by atoms with E-state index in [0.29, 0.717) is 5.92 Å². The van der Waals surface area contributed by atoms with E-state index >= 15 is 0 Å². The van der Waals surface area contributed by atoms with E-state index in [-0.39, 0.29) is 11.7 Å². The number of rotatable bonds is 2. The predicted octanol–water partition coefficient (Wildman–Crippen LogP) is 2.19. The Morgan fingerprint density at radius 2 is 2.15 bits per heavy atom. The number of hydrogen-bond acceptors (Lipinski definition) is 2. The first-order chi connectivity index (χ1) is 6.11. The number of ketones is 1. The highest BCUT2D eigenvalue weighted by atomic mass is 16.5. The predicted molar refractivity (Wildman–Crippen MR) is 52.5 cm³/mol. The SMILES string of the molecule is CC(C)=CC(=O)C1CCOCC1C. The quantitative estimate of drug-likeness (QED) is 0.612. The van der Waals surface area contributed by atoms with Crippen LogP contribution in [0.2, 0.25) is 0 Å². The minimum atomic E-state index is 0.184. The summed E-state index contributed by atoms with van der Waals surface area (Å²) in [7, 11) is 0. The topological polar surface area (TPSA) is 26.3 Å². The lowest BCUT2D eigenvalue weighted by Crippen LogP contribution is -2.30. The first-order valence-corrected chi connectivity index (χ1v) is 4.87. The van der Waals surface area contributed by atoms with E-state index in [1.165, 1.54) is 0 Å². The van der Waals surface area contributed by atoms with Gasteiger partial charge in [0.25, 0.3) is 0 Å². The standard InChI is InChI=1S/C11H18O2/c1-8(2)6-11(12)10-4-5-13-7-9(10)3/h6,9-10H,4-5,7H2,1-3H3. The van der Waals surface area contributed by atoms with Gasteiger partial charge in [0.05, 0.1) is 0 Å². The van der Waals surface area contributed by atoms with Crippen molar-refractivity contribution in [1.29, 1.82) is 0 Å². The summed E-state index contributed by atoms with van der Waals surface area (Å²) in [6, 6.07) is 0. The van der Waals surface area contributed by atoms with Crippen LogP contribution in [0, 0.1) is 11.8 Å². The molecule has 0 radical (unpaired) electrons. The van der Waals surface area contributed by atoms with Gasteiger partial charge >= 0.3 is 0 Å². The van der Waals surface area contributed by atoms with Gasteiger partial charge in [-0.15, -0.1) is 0 Å². The molecule has 1 heterocycles. The van der Waals surface area contributed by atoms with Crippen molar-refractivity contribution in [3.8, 4) is 0 Å². The Bertz CT molecular complexity index is 214. The molecule has 0 aromatic heterocycles. The van der Waals surface area contributed by atoms with Crippen molar-refractivity contribution < 1.29 is 9.53 Å². The van der Waals surface area contributed by atoms with Gasteiger partial charge in [-0.05, 0) is 32.3 Å². The van der Waals surface area contributed by atoms with Crippen LogP contribution < -0.4 is 0 Å². The molecule has 0 bridgehead atoms. The maximum atomic E-state index is 11.7. The molecule has 0 aliphatic carbocycles. The smallest absolute Gasteiger partial charge is 0.159 e. The largest absolute Gasteiger partial charge is 0.381 e. The third-order valence-electron chi connectivity index (χ3n) is 2.44. The van der Waals surface area contributed by atoms with Crippen molar-refractivity contribution in [3.05, 3.63) is 11.6 Å². The van der Waals surface area contributed by atoms with Gasteiger partial charge in [0.2, 0.25) is 0 Å². The van der Waals surface area contributed by atoms with Crippen molar-refractivity contribution >= 4 is 5.78 Å². The van der Waals surface area contributed by atoms with Crippen LogP contribution in [0.3, 0.4) is 0 Å². The number of carbonyl (C=O) groups excluding carboxylic acids is 1. The van der Waals surface area contributed by atoms with Crippen LogP contribution in [0.5, 0.6) is 0 Å². The Morgan fingerprint density at radius 3 is 2.69 bits per heavy atom. The zero-order valence-corrected chi connectivity index (χ0v) is 8.67. The van der Waals surface area contributed by atoms with Crippen molar-refractivity contribution in [1.82, 2.24) is 0 Å². The Hall–Kier alpha value is -0.630. The van der Waals surface area contributed by atoms with E-state index in [2.05, 4.69) is 6.92 Å². The van der Waals surface area contributed by atoms with Crippen LogP contribution in [0.4, 0.5) is 0 Å². The molecule has 0 N–H and O–H groups in total. The molecule has 0 saturated carbocycles. The molecule has 1 rings (SSSR count). The lowest BCUT2D eigenvalue weighted by molar-refractivity contribution is -0.123. The van der Waals surface area contributed by atoms with Crippen LogP contribution in [-0.4, -0.2) is 19.0 Å². The molecule has 0 spiro atoms. The number of hydrogen-bond donors (Lipinski definition) is 0. The first kappa shape index (κ1) is 10.5. The summed E-state index contributed by atoms with van der Waals surface area (Å²) < 4.78 is 5.29. The second-order valence-corrected chi connectivity index (χ2v) is 4.07. The van der Waals surface area contributed by atoms with Crippen molar-refractivity contribution in [2.45, 2.75) is 27.2 Å². The highest BCUT2D eigenvalue weighted by molar-refractivity contribution is 5.92. The molecule has 0 amide bonds. The maximum absolute atomic E-state index is 11.7. The molecule has 2 heteroatoms. The first-order valence-electron chi connectivity index (χ1n) is 4.87. The van der Waals surface area contributed by atoms with Gasteiger partial charge in [0.1, 0.15) is 0 Å². The lowest BCUT2D eigenvalue weighted by Gasteiger charge is -2.26. The number of allylic oxidation sites excluding steroid dienone is 2. The number of carbonyl (C=O) groups is 1. The van der Waals surface area contributed by atoms with E-state index in [9.17, 15) is 4.79 Å².